The van der Waals surface area contributed by atoms with Crippen LogP contribution in [-0.2, 0) is 19.0 Å². The lowest BCUT2D eigenvalue weighted by Crippen LogP contribution is -2.67. The van der Waals surface area contributed by atoms with Gasteiger partial charge in [0, 0.05) is 7.11 Å². The molecule has 3 atom stereocenters. The van der Waals surface area contributed by atoms with Crippen LogP contribution in [0.25, 0.3) is 0 Å². The third kappa shape index (κ3) is 4.81. The molecule has 0 aromatic carbocycles. The molecule has 1 saturated heterocycles. The molecule has 1 aliphatic heterocycles. The summed E-state index contributed by atoms with van der Waals surface area (Å²) >= 11 is 0. The van der Waals surface area contributed by atoms with Gasteiger partial charge in [-0.05, 0) is 27.2 Å². The number of hydrogen-bond acceptors (Lipinski definition) is 5. The number of rotatable bonds is 8. The van der Waals surface area contributed by atoms with Crippen molar-refractivity contribution in [1.82, 2.24) is 4.90 Å². The fourth-order valence-corrected chi connectivity index (χ4v) is 2.23. The number of amides is 2. The molecular weight excluding hydrogens is 286 g/mol. The van der Waals surface area contributed by atoms with E-state index in [0.29, 0.717) is 13.2 Å². The molecule has 0 N–H and O–H groups in total. The summed E-state index contributed by atoms with van der Waals surface area (Å²) in [7, 11) is 1.58. The first kappa shape index (κ1) is 18.6. The number of likely N-dealkylation sites (tertiary alicyclic amines) is 1. The molecule has 0 radical (unpaired) electrons. The Bertz CT molecular complexity index is 417. The number of ether oxygens (including phenoxy) is 3. The van der Waals surface area contributed by atoms with Crippen molar-refractivity contribution in [3.8, 4) is 0 Å². The van der Waals surface area contributed by atoms with Crippen molar-refractivity contribution >= 4 is 12.0 Å². The summed E-state index contributed by atoms with van der Waals surface area (Å²) < 4.78 is 15.8. The summed E-state index contributed by atoms with van der Waals surface area (Å²) in [4.78, 5) is 25.4. The third-order valence-corrected chi connectivity index (χ3v) is 3.29. The Balaban J connectivity index is 2.71. The van der Waals surface area contributed by atoms with Crippen LogP contribution in [0.4, 0.5) is 4.79 Å². The first-order valence-corrected chi connectivity index (χ1v) is 7.71. The highest BCUT2D eigenvalue weighted by Crippen LogP contribution is 2.27. The molecular formula is C16H27NO5. The number of methoxy groups -OCH3 is 1. The lowest BCUT2D eigenvalue weighted by atomic mass is 9.96. The minimum Gasteiger partial charge on any atom is -0.449 e. The molecule has 0 aromatic heterocycles. The number of nitrogens with zero attached hydrogens (tertiary/aromatic N) is 1. The second-order valence-electron chi connectivity index (χ2n) is 5.73. The number of allylic oxidation sites excluding steroid dienone is 1. The Kier molecular flexibility index (Phi) is 7.55. The molecule has 22 heavy (non-hydrogen) atoms. The van der Waals surface area contributed by atoms with Crippen LogP contribution in [0.5, 0.6) is 0 Å². The largest absolute Gasteiger partial charge is 0.449 e. The maximum absolute atomic E-state index is 12.2. The van der Waals surface area contributed by atoms with Gasteiger partial charge in [-0.25, -0.2) is 9.69 Å². The van der Waals surface area contributed by atoms with E-state index in [4.69, 9.17) is 14.2 Å². The normalized spacial score (nSPS) is 22.0. The average molecular weight is 313 g/mol. The van der Waals surface area contributed by atoms with E-state index < -0.39 is 18.2 Å². The molecule has 0 spiro atoms. The van der Waals surface area contributed by atoms with Crippen molar-refractivity contribution in [2.75, 3.05) is 20.3 Å². The van der Waals surface area contributed by atoms with Gasteiger partial charge in [0.15, 0.2) is 6.10 Å². The predicted molar refractivity (Wildman–Crippen MR) is 82.5 cm³/mol. The monoisotopic (exact) mass is 313 g/mol. The number of β-lactam (4-membered cyclic amide) rings is 1. The first-order valence-electron chi connectivity index (χ1n) is 7.71. The fraction of sp³-hybridized carbons (Fsp3) is 0.750. The van der Waals surface area contributed by atoms with Crippen molar-refractivity contribution in [2.24, 2.45) is 0 Å². The summed E-state index contributed by atoms with van der Waals surface area (Å²) in [5.74, 6) is -0.355. The molecule has 0 bridgehead atoms. The third-order valence-electron chi connectivity index (χ3n) is 3.29. The Labute approximate surface area is 132 Å². The highest BCUT2D eigenvalue weighted by atomic mass is 16.6. The minimum absolute atomic E-state index is 0.217. The van der Waals surface area contributed by atoms with Gasteiger partial charge in [0.2, 0.25) is 0 Å². The minimum atomic E-state index is -0.654. The van der Waals surface area contributed by atoms with Crippen molar-refractivity contribution in [2.45, 2.75) is 58.8 Å². The van der Waals surface area contributed by atoms with Crippen molar-refractivity contribution in [1.29, 1.82) is 0 Å². The summed E-state index contributed by atoms with van der Waals surface area (Å²) in [5.41, 5.74) is 1.01. The molecule has 1 fully saturated rings. The van der Waals surface area contributed by atoms with Gasteiger partial charge in [-0.3, -0.25) is 4.79 Å². The molecule has 2 amide bonds. The van der Waals surface area contributed by atoms with Crippen LogP contribution in [0.1, 0.15) is 40.5 Å². The van der Waals surface area contributed by atoms with E-state index in [1.54, 1.807) is 7.11 Å². The van der Waals surface area contributed by atoms with E-state index in [1.165, 1.54) is 0 Å². The molecule has 6 nitrogen and oxygen atoms in total. The summed E-state index contributed by atoms with van der Waals surface area (Å²) in [6.07, 6.45) is 2.10. The number of hydrogen-bond donors (Lipinski definition) is 0. The number of carbonyl (C=O) groups is 2. The molecule has 0 saturated carbocycles. The van der Waals surface area contributed by atoms with Crippen LogP contribution in [0.2, 0.25) is 0 Å². The second-order valence-corrected chi connectivity index (χ2v) is 5.73. The van der Waals surface area contributed by atoms with E-state index in [1.807, 2.05) is 33.8 Å². The number of carbonyl (C=O) groups excluding carboxylic acids is 2. The predicted octanol–water partition coefficient (Wildman–Crippen LogP) is 2.52. The van der Waals surface area contributed by atoms with Gasteiger partial charge < -0.3 is 14.2 Å². The molecule has 3 unspecified atom stereocenters. The molecule has 0 aromatic rings. The SMILES string of the molecule is CCCCOC(=O)N1C(=O)C(OC(C)COC)C1C=C(C)C. The Morgan fingerprint density at radius 3 is 2.64 bits per heavy atom. The highest BCUT2D eigenvalue weighted by molar-refractivity contribution is 6.01. The fourth-order valence-electron chi connectivity index (χ4n) is 2.23. The van der Waals surface area contributed by atoms with Crippen LogP contribution >= 0.6 is 0 Å². The van der Waals surface area contributed by atoms with E-state index in [0.717, 1.165) is 23.3 Å². The average Bonchev–Trinajstić information content (AvgIpc) is 2.44. The van der Waals surface area contributed by atoms with Crippen LogP contribution in [0, 0.1) is 0 Å². The van der Waals surface area contributed by atoms with Gasteiger partial charge in [-0.2, -0.15) is 0 Å². The van der Waals surface area contributed by atoms with Gasteiger partial charge in [0.1, 0.15) is 0 Å². The topological polar surface area (TPSA) is 65.1 Å². The van der Waals surface area contributed by atoms with E-state index in [-0.39, 0.29) is 12.0 Å². The van der Waals surface area contributed by atoms with Crippen molar-refractivity contribution < 1.29 is 23.8 Å². The maximum Gasteiger partial charge on any atom is 0.417 e. The summed E-state index contributed by atoms with van der Waals surface area (Å²) in [6, 6.07) is -0.411. The van der Waals surface area contributed by atoms with Crippen LogP contribution in [0.3, 0.4) is 0 Å². The number of imide groups is 1. The molecule has 6 heteroatoms. The number of unbranched alkanes of at least 4 members (excludes halogenated alkanes) is 1. The summed E-state index contributed by atoms with van der Waals surface area (Å²) in [5, 5.41) is 0. The van der Waals surface area contributed by atoms with Crippen LogP contribution in [-0.4, -0.2) is 55.5 Å². The molecule has 1 rings (SSSR count). The summed E-state index contributed by atoms with van der Waals surface area (Å²) in [6.45, 7) is 8.39. The maximum atomic E-state index is 12.2. The van der Waals surface area contributed by atoms with E-state index in [9.17, 15) is 9.59 Å². The zero-order valence-electron chi connectivity index (χ0n) is 14.1. The lowest BCUT2D eigenvalue weighted by molar-refractivity contribution is -0.173. The lowest BCUT2D eigenvalue weighted by Gasteiger charge is -2.43. The Hall–Kier alpha value is -1.40. The van der Waals surface area contributed by atoms with Gasteiger partial charge in [-0.15, -0.1) is 0 Å². The Morgan fingerprint density at radius 2 is 2.09 bits per heavy atom. The first-order chi connectivity index (χ1) is 10.4. The molecule has 0 aliphatic carbocycles. The Morgan fingerprint density at radius 1 is 1.41 bits per heavy atom. The van der Waals surface area contributed by atoms with Gasteiger partial charge in [0.25, 0.3) is 5.91 Å². The second kappa shape index (κ2) is 8.90. The van der Waals surface area contributed by atoms with Gasteiger partial charge in [0.05, 0.1) is 25.4 Å². The highest BCUT2D eigenvalue weighted by Gasteiger charge is 2.52. The van der Waals surface area contributed by atoms with Gasteiger partial charge in [-0.1, -0.05) is 25.0 Å². The molecule has 1 heterocycles. The van der Waals surface area contributed by atoms with E-state index >= 15 is 0 Å². The quantitative estimate of drug-likeness (QED) is 0.391. The van der Waals surface area contributed by atoms with Crippen LogP contribution < -0.4 is 0 Å². The van der Waals surface area contributed by atoms with Crippen molar-refractivity contribution in [3.63, 3.8) is 0 Å². The zero-order valence-corrected chi connectivity index (χ0v) is 14.1. The standard InChI is InChI=1S/C16H27NO5/c1-6-7-8-21-16(19)17-13(9-11(2)3)14(15(17)18)22-12(4)10-20-5/h9,12-14H,6-8,10H2,1-5H3. The molecule has 1 aliphatic rings. The smallest absolute Gasteiger partial charge is 0.417 e. The van der Waals surface area contributed by atoms with E-state index in [2.05, 4.69) is 0 Å². The molecule has 126 valence electrons. The van der Waals surface area contributed by atoms with Gasteiger partial charge >= 0.3 is 6.09 Å². The van der Waals surface area contributed by atoms with Crippen molar-refractivity contribution in [3.05, 3.63) is 11.6 Å². The van der Waals surface area contributed by atoms with Crippen LogP contribution in [0.15, 0.2) is 11.6 Å². The zero-order chi connectivity index (χ0) is 16.7.